The molecule has 3 rings (SSSR count). The number of aromatic amines is 1. The summed E-state index contributed by atoms with van der Waals surface area (Å²) in [6.45, 7) is 11.5. The summed E-state index contributed by atoms with van der Waals surface area (Å²) in [5, 5.41) is 10.3. The van der Waals surface area contributed by atoms with Gasteiger partial charge < -0.3 is 10.1 Å². The van der Waals surface area contributed by atoms with Gasteiger partial charge in [-0.1, -0.05) is 18.2 Å². The molecule has 1 aromatic carbocycles. The van der Waals surface area contributed by atoms with Crippen LogP contribution in [0.4, 0.5) is 4.39 Å². The Morgan fingerprint density at radius 1 is 1.37 bits per heavy atom. The van der Waals surface area contributed by atoms with Gasteiger partial charge in [0, 0.05) is 6.42 Å². The highest BCUT2D eigenvalue weighted by molar-refractivity contribution is 5.79. The van der Waals surface area contributed by atoms with Crippen molar-refractivity contribution in [2.24, 2.45) is 5.92 Å². The molecule has 1 aliphatic rings. The van der Waals surface area contributed by atoms with Crippen LogP contribution in [-0.2, 0) is 12.0 Å². The van der Waals surface area contributed by atoms with Crippen molar-refractivity contribution >= 4 is 11.0 Å². The van der Waals surface area contributed by atoms with Crippen molar-refractivity contribution in [1.82, 2.24) is 9.97 Å². The largest absolute Gasteiger partial charge is 0.386 e. The van der Waals surface area contributed by atoms with E-state index in [-0.39, 0.29) is 0 Å². The van der Waals surface area contributed by atoms with Crippen molar-refractivity contribution in [2.75, 3.05) is 0 Å². The second kappa shape index (κ2) is 7.38. The number of unbranched alkanes of at least 4 members (excludes halogenated alkanes) is 1. The highest BCUT2D eigenvalue weighted by atomic mass is 19.1. The number of nitrogens with zero attached hydrogens (tertiary/aromatic N) is 1. The van der Waals surface area contributed by atoms with Crippen molar-refractivity contribution in [3.63, 3.8) is 0 Å². The fourth-order valence-electron chi connectivity index (χ4n) is 4.28. The molecule has 1 aliphatic carbocycles. The lowest BCUT2D eigenvalue weighted by Crippen LogP contribution is -2.36. The summed E-state index contributed by atoms with van der Waals surface area (Å²) in [6.07, 6.45) is 6.43. The van der Waals surface area contributed by atoms with E-state index in [1.165, 1.54) is 5.57 Å². The molecule has 4 heteroatoms. The number of nitrogens with one attached hydrogen (secondary N) is 1. The van der Waals surface area contributed by atoms with Crippen LogP contribution < -0.4 is 0 Å². The molecule has 0 unspecified atom stereocenters. The zero-order chi connectivity index (χ0) is 19.8. The van der Waals surface area contributed by atoms with E-state index in [1.807, 2.05) is 19.1 Å². The molecule has 0 amide bonds. The SMILES string of the molecule is C=C(CCCCc1nc2c(C)cc(C(C)(C)O)cc2[nH]1)CC1CC(C)(F)C1. The van der Waals surface area contributed by atoms with Crippen molar-refractivity contribution in [1.29, 1.82) is 0 Å². The molecular weight excluding hydrogens is 339 g/mol. The number of imidazole rings is 1. The Hall–Kier alpha value is -1.68. The minimum atomic E-state index is -0.935. The number of aryl methyl sites for hydroxylation is 2. The molecule has 1 heterocycles. The van der Waals surface area contributed by atoms with Gasteiger partial charge in [0.15, 0.2) is 0 Å². The fourth-order valence-corrected chi connectivity index (χ4v) is 4.28. The number of allylic oxidation sites excluding steroid dienone is 1. The average Bonchev–Trinajstić information content (AvgIpc) is 2.92. The standard InChI is InChI=1S/C23H33FN2O/c1-15(10-17-13-23(5,24)14-17)8-6-7-9-20-25-19-12-18(22(3,4)27)11-16(2)21(19)26-20/h11-12,17,27H,1,6-10,13-14H2,2-5H3,(H,25,26). The van der Waals surface area contributed by atoms with E-state index in [0.29, 0.717) is 18.8 Å². The highest BCUT2D eigenvalue weighted by Crippen LogP contribution is 2.44. The van der Waals surface area contributed by atoms with Crippen LogP contribution in [0.5, 0.6) is 0 Å². The number of hydrogen-bond acceptors (Lipinski definition) is 2. The number of aromatic nitrogens is 2. The lowest BCUT2D eigenvalue weighted by atomic mass is 9.70. The van der Waals surface area contributed by atoms with Crippen LogP contribution in [0, 0.1) is 12.8 Å². The lowest BCUT2D eigenvalue weighted by Gasteiger charge is -2.39. The van der Waals surface area contributed by atoms with Gasteiger partial charge in [0.05, 0.1) is 16.6 Å². The molecule has 0 atom stereocenters. The molecule has 1 fully saturated rings. The van der Waals surface area contributed by atoms with E-state index in [2.05, 4.69) is 11.6 Å². The Morgan fingerprint density at radius 3 is 2.70 bits per heavy atom. The summed E-state index contributed by atoms with van der Waals surface area (Å²) < 4.78 is 13.6. The number of H-pyrrole nitrogens is 1. The number of benzene rings is 1. The average molecular weight is 373 g/mol. The van der Waals surface area contributed by atoms with Gasteiger partial charge in [-0.15, -0.1) is 0 Å². The van der Waals surface area contributed by atoms with Crippen LogP contribution in [0.3, 0.4) is 0 Å². The fraction of sp³-hybridized carbons (Fsp3) is 0.609. The van der Waals surface area contributed by atoms with Crippen LogP contribution >= 0.6 is 0 Å². The van der Waals surface area contributed by atoms with Gasteiger partial charge in [0.2, 0.25) is 0 Å². The molecule has 0 spiro atoms. The first-order chi connectivity index (χ1) is 12.5. The Morgan fingerprint density at radius 2 is 2.07 bits per heavy atom. The summed E-state index contributed by atoms with van der Waals surface area (Å²) in [5.41, 5.74) is 3.43. The highest BCUT2D eigenvalue weighted by Gasteiger charge is 2.40. The molecule has 0 aliphatic heterocycles. The van der Waals surface area contributed by atoms with Crippen LogP contribution in [0.25, 0.3) is 11.0 Å². The van der Waals surface area contributed by atoms with Gasteiger partial charge in [0.25, 0.3) is 0 Å². The minimum Gasteiger partial charge on any atom is -0.386 e. The predicted molar refractivity (Wildman–Crippen MR) is 110 cm³/mol. The topological polar surface area (TPSA) is 48.9 Å². The molecular formula is C23H33FN2O. The van der Waals surface area contributed by atoms with E-state index in [4.69, 9.17) is 4.98 Å². The number of rotatable bonds is 8. The van der Waals surface area contributed by atoms with E-state index in [9.17, 15) is 9.50 Å². The maximum absolute atomic E-state index is 13.6. The van der Waals surface area contributed by atoms with Gasteiger partial charge in [0.1, 0.15) is 11.5 Å². The Kier molecular flexibility index (Phi) is 5.49. The van der Waals surface area contributed by atoms with Crippen molar-refractivity contribution in [3.8, 4) is 0 Å². The third-order valence-electron chi connectivity index (χ3n) is 5.73. The van der Waals surface area contributed by atoms with Gasteiger partial charge in [-0.2, -0.15) is 0 Å². The Bertz CT molecular complexity index is 821. The van der Waals surface area contributed by atoms with Gasteiger partial charge in [-0.05, 0) is 89.3 Å². The first kappa shape index (κ1) is 20.1. The van der Waals surface area contributed by atoms with E-state index in [1.54, 1.807) is 20.8 Å². The predicted octanol–water partition coefficient (Wildman–Crippen LogP) is 5.90. The van der Waals surface area contributed by atoms with Crippen LogP contribution in [0.2, 0.25) is 0 Å². The number of hydrogen-bond donors (Lipinski definition) is 2. The quantitative estimate of drug-likeness (QED) is 0.448. The zero-order valence-corrected chi connectivity index (χ0v) is 17.2. The van der Waals surface area contributed by atoms with Gasteiger partial charge >= 0.3 is 0 Å². The summed E-state index contributed by atoms with van der Waals surface area (Å²) in [6, 6.07) is 4.01. The molecule has 0 saturated heterocycles. The molecule has 27 heavy (non-hydrogen) atoms. The molecule has 0 bridgehead atoms. The summed E-state index contributed by atoms with van der Waals surface area (Å²) in [5.74, 6) is 1.50. The molecule has 2 aromatic rings. The lowest BCUT2D eigenvalue weighted by molar-refractivity contribution is 0.0255. The van der Waals surface area contributed by atoms with Crippen LogP contribution in [0.15, 0.2) is 24.3 Å². The maximum Gasteiger partial charge on any atom is 0.108 e. The summed E-state index contributed by atoms with van der Waals surface area (Å²) >= 11 is 0. The van der Waals surface area contributed by atoms with Crippen molar-refractivity contribution in [3.05, 3.63) is 41.2 Å². The minimum absolute atomic E-state index is 0.496. The number of fused-ring (bicyclic) bond motifs is 1. The van der Waals surface area contributed by atoms with Crippen LogP contribution in [0.1, 0.15) is 76.2 Å². The Balaban J connectivity index is 1.49. The van der Waals surface area contributed by atoms with Crippen molar-refractivity contribution < 1.29 is 9.50 Å². The number of halogens is 1. The molecule has 148 valence electrons. The van der Waals surface area contributed by atoms with Gasteiger partial charge in [-0.3, -0.25) is 0 Å². The first-order valence-electron chi connectivity index (χ1n) is 10.1. The third kappa shape index (κ3) is 4.98. The second-order valence-corrected chi connectivity index (χ2v) is 9.28. The second-order valence-electron chi connectivity index (χ2n) is 9.28. The molecule has 1 aromatic heterocycles. The normalized spacial score (nSPS) is 22.8. The Labute approximate surface area is 162 Å². The monoisotopic (exact) mass is 372 g/mol. The molecule has 3 nitrogen and oxygen atoms in total. The molecule has 2 N–H and O–H groups in total. The summed E-state index contributed by atoms with van der Waals surface area (Å²) in [7, 11) is 0. The molecule has 1 saturated carbocycles. The third-order valence-corrected chi connectivity index (χ3v) is 5.73. The van der Waals surface area contributed by atoms with E-state index in [0.717, 1.165) is 60.1 Å². The molecule has 0 radical (unpaired) electrons. The van der Waals surface area contributed by atoms with E-state index >= 15 is 0 Å². The van der Waals surface area contributed by atoms with Crippen LogP contribution in [-0.4, -0.2) is 20.7 Å². The number of aliphatic hydroxyl groups is 1. The summed E-state index contributed by atoms with van der Waals surface area (Å²) in [4.78, 5) is 8.15. The zero-order valence-electron chi connectivity index (χ0n) is 17.2. The van der Waals surface area contributed by atoms with E-state index < -0.39 is 11.3 Å². The number of alkyl halides is 1. The smallest absolute Gasteiger partial charge is 0.108 e. The first-order valence-corrected chi connectivity index (χ1v) is 10.1. The van der Waals surface area contributed by atoms with Crippen molar-refractivity contribution in [2.45, 2.75) is 83.9 Å². The van der Waals surface area contributed by atoms with Gasteiger partial charge in [-0.25, -0.2) is 9.37 Å². The maximum atomic E-state index is 13.6.